The van der Waals surface area contributed by atoms with Gasteiger partial charge in [0, 0.05) is 18.7 Å². The first-order valence-corrected chi connectivity index (χ1v) is 7.71. The van der Waals surface area contributed by atoms with Crippen LogP contribution in [0.15, 0.2) is 48.6 Å². The average Bonchev–Trinajstić information content (AvgIpc) is 2.95. The number of ether oxygens (including phenoxy) is 1. The summed E-state index contributed by atoms with van der Waals surface area (Å²) in [5, 5.41) is 14.0. The molecule has 0 saturated heterocycles. The van der Waals surface area contributed by atoms with E-state index in [1.807, 2.05) is 48.6 Å². The maximum Gasteiger partial charge on any atom is 0.313 e. The van der Waals surface area contributed by atoms with E-state index < -0.39 is 11.4 Å². The van der Waals surface area contributed by atoms with Crippen LogP contribution >= 0.6 is 0 Å². The lowest BCUT2D eigenvalue weighted by atomic mass is 9.78. The first kappa shape index (κ1) is 15.3. The second kappa shape index (κ2) is 6.28. The number of aromatic nitrogens is 2. The Kier molecular flexibility index (Phi) is 4.19. The highest BCUT2D eigenvalue weighted by molar-refractivity contribution is 5.75. The molecule has 1 aliphatic carbocycles. The van der Waals surface area contributed by atoms with E-state index in [1.165, 1.54) is 0 Å². The normalized spacial score (nSPS) is 20.4. The number of carboxylic acids is 1. The van der Waals surface area contributed by atoms with Gasteiger partial charge in [0.15, 0.2) is 0 Å². The molecule has 5 nitrogen and oxygen atoms in total. The average molecular weight is 312 g/mol. The highest BCUT2D eigenvalue weighted by Crippen LogP contribution is 2.34. The standard InChI is InChI=1S/C18H20N2O3/c1-20-16(12-15(19-20)14-8-4-2-5-9-14)23-13-18(17(21)22)10-6-3-7-11-18/h2-6,8-9,12H,7,10-11,13H2,1H3,(H,21,22). The van der Waals surface area contributed by atoms with Gasteiger partial charge in [0.2, 0.25) is 5.88 Å². The van der Waals surface area contributed by atoms with E-state index in [9.17, 15) is 9.90 Å². The summed E-state index contributed by atoms with van der Waals surface area (Å²) >= 11 is 0. The molecule has 0 aliphatic heterocycles. The summed E-state index contributed by atoms with van der Waals surface area (Å²) in [7, 11) is 1.80. The predicted octanol–water partition coefficient (Wildman–Crippen LogP) is 3.28. The van der Waals surface area contributed by atoms with E-state index in [0.717, 1.165) is 17.7 Å². The summed E-state index contributed by atoms with van der Waals surface area (Å²) < 4.78 is 7.48. The molecular formula is C18H20N2O3. The van der Waals surface area contributed by atoms with Gasteiger partial charge in [0.1, 0.15) is 12.0 Å². The zero-order chi connectivity index (χ0) is 16.3. The molecule has 3 rings (SSSR count). The van der Waals surface area contributed by atoms with E-state index in [-0.39, 0.29) is 6.61 Å². The fourth-order valence-corrected chi connectivity index (χ4v) is 2.82. The number of rotatable bonds is 5. The zero-order valence-electron chi connectivity index (χ0n) is 13.1. The van der Waals surface area contributed by atoms with Gasteiger partial charge >= 0.3 is 5.97 Å². The van der Waals surface area contributed by atoms with Crippen molar-refractivity contribution in [3.63, 3.8) is 0 Å². The van der Waals surface area contributed by atoms with Crippen molar-refractivity contribution < 1.29 is 14.6 Å². The fraction of sp³-hybridized carbons (Fsp3) is 0.333. The second-order valence-corrected chi connectivity index (χ2v) is 5.95. The van der Waals surface area contributed by atoms with Crippen molar-refractivity contribution in [2.24, 2.45) is 12.5 Å². The smallest absolute Gasteiger partial charge is 0.313 e. The summed E-state index contributed by atoms with van der Waals surface area (Å²) in [5.41, 5.74) is 0.980. The van der Waals surface area contributed by atoms with Crippen LogP contribution in [0.1, 0.15) is 19.3 Å². The molecule has 0 fully saturated rings. The Morgan fingerprint density at radius 2 is 2.13 bits per heavy atom. The molecule has 1 N–H and O–H groups in total. The van der Waals surface area contributed by atoms with Gasteiger partial charge in [0.25, 0.3) is 0 Å². The van der Waals surface area contributed by atoms with Crippen molar-refractivity contribution >= 4 is 5.97 Å². The van der Waals surface area contributed by atoms with Crippen molar-refractivity contribution in [2.45, 2.75) is 19.3 Å². The van der Waals surface area contributed by atoms with E-state index >= 15 is 0 Å². The SMILES string of the molecule is Cn1nc(-c2ccccc2)cc1OCC1(C(=O)O)CC=CCC1. The number of carboxylic acid groups (broad SMARTS) is 1. The number of hydrogen-bond acceptors (Lipinski definition) is 3. The Morgan fingerprint density at radius 1 is 1.35 bits per heavy atom. The monoisotopic (exact) mass is 312 g/mol. The minimum Gasteiger partial charge on any atom is -0.481 e. The van der Waals surface area contributed by atoms with Gasteiger partial charge in [-0.1, -0.05) is 42.5 Å². The minimum absolute atomic E-state index is 0.153. The third-order valence-electron chi connectivity index (χ3n) is 4.32. The van der Waals surface area contributed by atoms with Gasteiger partial charge in [0.05, 0.1) is 5.69 Å². The minimum atomic E-state index is -0.841. The lowest BCUT2D eigenvalue weighted by Crippen LogP contribution is -2.38. The highest BCUT2D eigenvalue weighted by atomic mass is 16.5. The summed E-state index contributed by atoms with van der Waals surface area (Å²) in [6, 6.07) is 11.7. The van der Waals surface area contributed by atoms with E-state index in [0.29, 0.717) is 18.7 Å². The number of aliphatic carboxylic acids is 1. The Balaban J connectivity index is 1.77. The third-order valence-corrected chi connectivity index (χ3v) is 4.32. The van der Waals surface area contributed by atoms with Crippen LogP contribution in [0.2, 0.25) is 0 Å². The van der Waals surface area contributed by atoms with Gasteiger partial charge in [-0.05, 0) is 19.3 Å². The van der Waals surface area contributed by atoms with Crippen molar-refractivity contribution in [3.05, 3.63) is 48.6 Å². The van der Waals surface area contributed by atoms with E-state index in [4.69, 9.17) is 4.74 Å². The summed E-state index contributed by atoms with van der Waals surface area (Å²) in [4.78, 5) is 11.7. The van der Waals surface area contributed by atoms with Crippen LogP contribution in [0.4, 0.5) is 0 Å². The van der Waals surface area contributed by atoms with Gasteiger partial charge in [-0.15, -0.1) is 0 Å². The molecule has 1 heterocycles. The molecule has 1 aliphatic rings. The topological polar surface area (TPSA) is 64.4 Å². The van der Waals surface area contributed by atoms with Crippen LogP contribution in [0.5, 0.6) is 5.88 Å². The van der Waals surface area contributed by atoms with E-state index in [2.05, 4.69) is 5.10 Å². The van der Waals surface area contributed by atoms with Gasteiger partial charge < -0.3 is 9.84 Å². The maximum atomic E-state index is 11.7. The van der Waals surface area contributed by atoms with E-state index in [1.54, 1.807) is 11.7 Å². The van der Waals surface area contributed by atoms with Crippen LogP contribution in [0, 0.1) is 5.41 Å². The molecule has 0 bridgehead atoms. The number of allylic oxidation sites excluding steroid dienone is 2. The fourth-order valence-electron chi connectivity index (χ4n) is 2.82. The van der Waals surface area contributed by atoms with Gasteiger partial charge in [-0.2, -0.15) is 5.10 Å². The number of aryl methyl sites for hydroxylation is 1. The first-order valence-electron chi connectivity index (χ1n) is 7.71. The number of nitrogens with zero attached hydrogens (tertiary/aromatic N) is 2. The Labute approximate surface area is 135 Å². The van der Waals surface area contributed by atoms with Crippen LogP contribution in [-0.2, 0) is 11.8 Å². The van der Waals surface area contributed by atoms with Crippen molar-refractivity contribution in [1.82, 2.24) is 9.78 Å². The molecular weight excluding hydrogens is 292 g/mol. The molecule has 0 saturated carbocycles. The summed E-state index contributed by atoms with van der Waals surface area (Å²) in [6.45, 7) is 0.153. The quantitative estimate of drug-likeness (QED) is 0.861. The molecule has 1 atom stereocenters. The number of benzene rings is 1. The third kappa shape index (κ3) is 3.13. The molecule has 120 valence electrons. The molecule has 2 aromatic rings. The summed E-state index contributed by atoms with van der Waals surface area (Å²) in [6.07, 6.45) is 5.84. The van der Waals surface area contributed by atoms with Gasteiger partial charge in [-0.25, -0.2) is 4.68 Å². The molecule has 0 amide bonds. The maximum absolute atomic E-state index is 11.7. The number of carbonyl (C=O) groups is 1. The molecule has 1 aromatic carbocycles. The second-order valence-electron chi connectivity index (χ2n) is 5.95. The van der Waals surface area contributed by atoms with Crippen LogP contribution in [-0.4, -0.2) is 27.5 Å². The van der Waals surface area contributed by atoms with Gasteiger partial charge in [-0.3, -0.25) is 4.79 Å². The Morgan fingerprint density at radius 3 is 2.78 bits per heavy atom. The first-order chi connectivity index (χ1) is 11.1. The van der Waals surface area contributed by atoms with Crippen molar-refractivity contribution in [1.29, 1.82) is 0 Å². The zero-order valence-corrected chi connectivity index (χ0v) is 13.1. The van der Waals surface area contributed by atoms with Crippen LogP contribution in [0.25, 0.3) is 11.3 Å². The summed E-state index contributed by atoms with van der Waals surface area (Å²) in [5.74, 6) is -0.216. The molecule has 5 heteroatoms. The van der Waals surface area contributed by atoms with Crippen molar-refractivity contribution in [3.8, 4) is 17.1 Å². The van der Waals surface area contributed by atoms with Crippen molar-refractivity contribution in [2.75, 3.05) is 6.61 Å². The molecule has 0 radical (unpaired) electrons. The van der Waals surface area contributed by atoms with Crippen LogP contribution < -0.4 is 4.74 Å². The number of hydrogen-bond donors (Lipinski definition) is 1. The molecule has 1 unspecified atom stereocenters. The Hall–Kier alpha value is -2.56. The Bertz CT molecular complexity index is 721. The highest BCUT2D eigenvalue weighted by Gasteiger charge is 2.39. The molecule has 23 heavy (non-hydrogen) atoms. The lowest BCUT2D eigenvalue weighted by Gasteiger charge is -2.29. The molecule has 0 spiro atoms. The molecule has 1 aromatic heterocycles. The largest absolute Gasteiger partial charge is 0.481 e. The van der Waals surface area contributed by atoms with Crippen LogP contribution in [0.3, 0.4) is 0 Å². The lowest BCUT2D eigenvalue weighted by molar-refractivity contribution is -0.151. The predicted molar refractivity (Wildman–Crippen MR) is 87.2 cm³/mol.